The molecule has 34 heavy (non-hydrogen) atoms. The summed E-state index contributed by atoms with van der Waals surface area (Å²) < 4.78 is 5.75. The Morgan fingerprint density at radius 3 is 2.47 bits per heavy atom. The number of ether oxygens (including phenoxy) is 1. The number of aliphatic imine (C=N–C) groups is 1. The first kappa shape index (κ1) is 24.7. The molecule has 0 spiro atoms. The van der Waals surface area contributed by atoms with E-state index in [-0.39, 0.29) is 5.92 Å². The van der Waals surface area contributed by atoms with Gasteiger partial charge in [0.1, 0.15) is 11.4 Å². The van der Waals surface area contributed by atoms with Crippen LogP contribution in [0.25, 0.3) is 0 Å². The van der Waals surface area contributed by atoms with E-state index in [1.165, 1.54) is 15.4 Å². The number of carboxylic acids is 1. The van der Waals surface area contributed by atoms with Crippen molar-refractivity contribution in [3.63, 3.8) is 0 Å². The predicted octanol–water partition coefficient (Wildman–Crippen LogP) is 3.69. The highest BCUT2D eigenvalue weighted by atomic mass is 32.2. The molecule has 0 unspecified atom stereocenters. The van der Waals surface area contributed by atoms with Gasteiger partial charge < -0.3 is 20.5 Å². The Bertz CT molecular complexity index is 1040. The minimum absolute atomic E-state index is 0.149. The molecule has 1 saturated heterocycles. The maximum absolute atomic E-state index is 11.5. The van der Waals surface area contributed by atoms with Gasteiger partial charge in [-0.2, -0.15) is 0 Å². The van der Waals surface area contributed by atoms with Crippen LogP contribution < -0.4 is 5.73 Å². The summed E-state index contributed by atoms with van der Waals surface area (Å²) in [5.41, 5.74) is 7.03. The fraction of sp³-hybridized carbons (Fsp3) is 0.462. The number of hydrogen-bond acceptors (Lipinski definition) is 7. The summed E-state index contributed by atoms with van der Waals surface area (Å²) in [7, 11) is 0. The molecule has 2 heterocycles. The zero-order valence-corrected chi connectivity index (χ0v) is 20.8. The van der Waals surface area contributed by atoms with Gasteiger partial charge in [-0.15, -0.1) is 0 Å². The molecule has 1 atom stereocenters. The Kier molecular flexibility index (Phi) is 7.93. The van der Waals surface area contributed by atoms with Gasteiger partial charge in [0.15, 0.2) is 0 Å². The molecule has 0 saturated carbocycles. The third-order valence-electron chi connectivity index (χ3n) is 6.75. The molecule has 0 aromatic heterocycles. The van der Waals surface area contributed by atoms with Gasteiger partial charge >= 0.3 is 5.97 Å². The SMILES string of the molecule is CC(C)[C@@](N)(CCOCCN1CCN(C2=Nc3ccccc3Sc3ccccc32)CC1)C(=O)O. The number of fused-ring (bicyclic) bond motifs is 2. The van der Waals surface area contributed by atoms with E-state index in [2.05, 4.69) is 52.3 Å². The Hall–Kier alpha value is -2.39. The van der Waals surface area contributed by atoms with Crippen LogP contribution in [0.4, 0.5) is 5.69 Å². The van der Waals surface area contributed by atoms with Gasteiger partial charge in [0.2, 0.25) is 0 Å². The van der Waals surface area contributed by atoms with E-state index in [1.54, 1.807) is 11.8 Å². The van der Waals surface area contributed by atoms with Crippen molar-refractivity contribution in [1.82, 2.24) is 9.80 Å². The standard InChI is InChI=1S/C26H34N4O3S/c1-19(2)26(27,25(31)32)11-17-33-18-16-29-12-14-30(15-13-29)24-20-7-3-5-9-22(20)34-23-10-6-4-8-21(23)28-24/h3-10,19H,11-18,27H2,1-2H3,(H,31,32)/t26-/m0/s1. The van der Waals surface area contributed by atoms with Crippen molar-refractivity contribution in [3.8, 4) is 0 Å². The Balaban J connectivity index is 1.31. The first-order valence-electron chi connectivity index (χ1n) is 11.9. The summed E-state index contributed by atoms with van der Waals surface area (Å²) in [6.07, 6.45) is 0.312. The molecular weight excluding hydrogens is 448 g/mol. The summed E-state index contributed by atoms with van der Waals surface area (Å²) in [5.74, 6) is -0.0686. The van der Waals surface area contributed by atoms with Gasteiger partial charge in [-0.3, -0.25) is 9.69 Å². The van der Waals surface area contributed by atoms with Crippen molar-refractivity contribution in [2.45, 2.75) is 35.6 Å². The third kappa shape index (κ3) is 5.46. The summed E-state index contributed by atoms with van der Waals surface area (Å²) in [6, 6.07) is 16.8. The van der Waals surface area contributed by atoms with Gasteiger partial charge in [-0.05, 0) is 30.5 Å². The van der Waals surface area contributed by atoms with Crippen molar-refractivity contribution >= 4 is 29.3 Å². The highest BCUT2D eigenvalue weighted by Gasteiger charge is 2.37. The molecule has 0 amide bonds. The lowest BCUT2D eigenvalue weighted by Gasteiger charge is -2.36. The molecule has 0 aliphatic carbocycles. The molecule has 2 aromatic carbocycles. The lowest BCUT2D eigenvalue weighted by Crippen LogP contribution is -2.53. The molecule has 3 N–H and O–H groups in total. The van der Waals surface area contributed by atoms with Crippen LogP contribution in [0, 0.1) is 5.92 Å². The van der Waals surface area contributed by atoms with Crippen LogP contribution in [-0.4, -0.2) is 78.2 Å². The van der Waals surface area contributed by atoms with E-state index in [4.69, 9.17) is 15.5 Å². The van der Waals surface area contributed by atoms with Crippen LogP contribution in [0.1, 0.15) is 25.8 Å². The number of aliphatic carboxylic acids is 1. The van der Waals surface area contributed by atoms with Crippen LogP contribution in [0.3, 0.4) is 0 Å². The maximum atomic E-state index is 11.5. The minimum atomic E-state index is -1.24. The molecule has 2 aromatic rings. The van der Waals surface area contributed by atoms with Crippen molar-refractivity contribution in [1.29, 1.82) is 0 Å². The van der Waals surface area contributed by atoms with Crippen LogP contribution in [0.2, 0.25) is 0 Å². The molecule has 0 bridgehead atoms. The Labute approximate surface area is 206 Å². The van der Waals surface area contributed by atoms with Crippen molar-refractivity contribution in [2.24, 2.45) is 16.6 Å². The van der Waals surface area contributed by atoms with Crippen molar-refractivity contribution < 1.29 is 14.6 Å². The summed E-state index contributed by atoms with van der Waals surface area (Å²) in [4.78, 5) is 23.8. The molecule has 0 radical (unpaired) electrons. The molecule has 182 valence electrons. The van der Waals surface area contributed by atoms with E-state index in [0.717, 1.165) is 44.2 Å². The highest BCUT2D eigenvalue weighted by Crippen LogP contribution is 2.40. The highest BCUT2D eigenvalue weighted by molar-refractivity contribution is 7.99. The number of amidine groups is 1. The number of carboxylic acid groups (broad SMARTS) is 1. The molecular formula is C26H34N4O3S. The molecule has 1 fully saturated rings. The molecule has 4 rings (SSSR count). The summed E-state index contributed by atoms with van der Waals surface area (Å²) in [6.45, 7) is 9.08. The van der Waals surface area contributed by atoms with Crippen LogP contribution >= 0.6 is 11.8 Å². The van der Waals surface area contributed by atoms with Gasteiger partial charge in [0, 0.05) is 54.7 Å². The first-order chi connectivity index (χ1) is 16.4. The smallest absolute Gasteiger partial charge is 0.324 e. The van der Waals surface area contributed by atoms with E-state index in [9.17, 15) is 9.90 Å². The first-order valence-corrected chi connectivity index (χ1v) is 12.7. The Morgan fingerprint density at radius 1 is 1.09 bits per heavy atom. The number of nitrogens with two attached hydrogens (primary N) is 1. The monoisotopic (exact) mass is 482 g/mol. The lowest BCUT2D eigenvalue weighted by molar-refractivity contribution is -0.146. The summed E-state index contributed by atoms with van der Waals surface area (Å²) >= 11 is 1.78. The minimum Gasteiger partial charge on any atom is -0.480 e. The molecule has 2 aliphatic rings. The quantitative estimate of drug-likeness (QED) is 0.555. The maximum Gasteiger partial charge on any atom is 0.324 e. The largest absolute Gasteiger partial charge is 0.480 e. The van der Waals surface area contributed by atoms with E-state index >= 15 is 0 Å². The van der Waals surface area contributed by atoms with Gasteiger partial charge in [0.25, 0.3) is 0 Å². The van der Waals surface area contributed by atoms with Crippen molar-refractivity contribution in [2.75, 3.05) is 45.9 Å². The lowest BCUT2D eigenvalue weighted by atomic mass is 9.85. The number of carbonyl (C=O) groups is 1. The van der Waals surface area contributed by atoms with Gasteiger partial charge in [0.05, 0.1) is 12.3 Å². The average molecular weight is 483 g/mol. The van der Waals surface area contributed by atoms with E-state index in [0.29, 0.717) is 19.6 Å². The van der Waals surface area contributed by atoms with Crippen LogP contribution in [-0.2, 0) is 9.53 Å². The number of nitrogens with zero attached hydrogens (tertiary/aromatic N) is 3. The second-order valence-corrected chi connectivity index (χ2v) is 10.3. The van der Waals surface area contributed by atoms with Crippen LogP contribution in [0.15, 0.2) is 63.3 Å². The number of benzene rings is 2. The zero-order chi connectivity index (χ0) is 24.1. The molecule has 7 nitrogen and oxygen atoms in total. The fourth-order valence-electron chi connectivity index (χ4n) is 4.27. The number of rotatable bonds is 8. The van der Waals surface area contributed by atoms with Gasteiger partial charge in [-0.1, -0.05) is 55.9 Å². The average Bonchev–Trinajstić information content (AvgIpc) is 3.00. The Morgan fingerprint density at radius 2 is 1.76 bits per heavy atom. The normalized spacial score (nSPS) is 18.0. The topological polar surface area (TPSA) is 91.4 Å². The number of para-hydroxylation sites is 1. The second kappa shape index (κ2) is 10.9. The molecule has 2 aliphatic heterocycles. The van der Waals surface area contributed by atoms with Gasteiger partial charge in [-0.25, -0.2) is 4.99 Å². The summed E-state index contributed by atoms with van der Waals surface area (Å²) in [5, 5.41) is 9.42. The van der Waals surface area contributed by atoms with E-state index < -0.39 is 11.5 Å². The van der Waals surface area contributed by atoms with E-state index in [1.807, 2.05) is 19.9 Å². The zero-order valence-electron chi connectivity index (χ0n) is 19.9. The number of piperazine rings is 1. The molecule has 8 heteroatoms. The number of hydrogen-bond donors (Lipinski definition) is 2. The fourth-order valence-corrected chi connectivity index (χ4v) is 5.29. The van der Waals surface area contributed by atoms with Crippen molar-refractivity contribution in [3.05, 3.63) is 54.1 Å². The third-order valence-corrected chi connectivity index (χ3v) is 7.89. The van der Waals surface area contributed by atoms with Crippen LogP contribution in [0.5, 0.6) is 0 Å². The predicted molar refractivity (Wildman–Crippen MR) is 136 cm³/mol. The second-order valence-electron chi connectivity index (χ2n) is 9.19.